The molecule has 0 aliphatic carbocycles. The Labute approximate surface area is 152 Å². The second kappa shape index (κ2) is 6.27. The van der Waals surface area contributed by atoms with Gasteiger partial charge >= 0.3 is 0 Å². The largest absolute Gasteiger partial charge is 0.459 e. The predicted molar refractivity (Wildman–Crippen MR) is 102 cm³/mol. The summed E-state index contributed by atoms with van der Waals surface area (Å²) >= 11 is 4.98. The first-order valence-corrected chi connectivity index (χ1v) is 8.48. The third-order valence-electron chi connectivity index (χ3n) is 4.22. The number of benzene rings is 2. The summed E-state index contributed by atoms with van der Waals surface area (Å²) in [6, 6.07) is 14.1. The number of furan rings is 1. The lowest BCUT2D eigenvalue weighted by molar-refractivity contribution is 0.0936. The van der Waals surface area contributed by atoms with E-state index in [0.29, 0.717) is 22.2 Å². The lowest BCUT2D eigenvalue weighted by Crippen LogP contribution is -2.26. The molecule has 1 atom stereocenters. The van der Waals surface area contributed by atoms with E-state index in [1.54, 1.807) is 18.2 Å². The first kappa shape index (κ1) is 16.3. The van der Waals surface area contributed by atoms with Crippen LogP contribution in [-0.2, 0) is 0 Å². The number of para-hydroxylation sites is 1. The molecule has 6 nitrogen and oxygen atoms in total. The number of amides is 1. The van der Waals surface area contributed by atoms with Crippen molar-refractivity contribution in [1.82, 2.24) is 15.3 Å². The van der Waals surface area contributed by atoms with Crippen LogP contribution in [0.25, 0.3) is 21.9 Å². The number of hydrogen-bond donors (Lipinski definition) is 3. The lowest BCUT2D eigenvalue weighted by atomic mass is 10.1. The van der Waals surface area contributed by atoms with Crippen LogP contribution in [0.5, 0.6) is 0 Å². The van der Waals surface area contributed by atoms with Gasteiger partial charge < -0.3 is 14.7 Å². The van der Waals surface area contributed by atoms with Gasteiger partial charge in [-0.15, -0.1) is 0 Å². The molecule has 4 aromatic rings. The Kier molecular flexibility index (Phi) is 3.93. The van der Waals surface area contributed by atoms with Gasteiger partial charge in [-0.3, -0.25) is 14.6 Å². The van der Waals surface area contributed by atoms with Gasteiger partial charge in [-0.05, 0) is 49.5 Å². The van der Waals surface area contributed by atoms with Gasteiger partial charge in [0.15, 0.2) is 4.77 Å². The van der Waals surface area contributed by atoms with Crippen LogP contribution in [0.3, 0.4) is 0 Å². The fourth-order valence-electron chi connectivity index (χ4n) is 2.88. The van der Waals surface area contributed by atoms with Crippen LogP contribution in [-0.4, -0.2) is 15.9 Å². The monoisotopic (exact) mass is 365 g/mol. The van der Waals surface area contributed by atoms with Crippen LogP contribution in [0.1, 0.15) is 29.1 Å². The summed E-state index contributed by atoms with van der Waals surface area (Å²) in [5, 5.41) is 4.34. The molecule has 7 heteroatoms. The summed E-state index contributed by atoms with van der Waals surface area (Å²) in [4.78, 5) is 29.9. The number of aromatic amines is 2. The second-order valence-electron chi connectivity index (χ2n) is 6.05. The standard InChI is InChI=1S/C19H15N3O3S/c1-10(16-9-11-4-2-3-5-15(11)25-16)20-17(23)12-6-7-13-14(8-12)21-19(26)22-18(13)24/h2-10H,1H3,(H,20,23)(H2,21,22,24,26)/t10-/m1/s1. The van der Waals surface area contributed by atoms with Crippen molar-refractivity contribution < 1.29 is 9.21 Å². The number of carbonyl (C=O) groups is 1. The zero-order valence-corrected chi connectivity index (χ0v) is 14.6. The van der Waals surface area contributed by atoms with Crippen LogP contribution in [0.4, 0.5) is 0 Å². The molecule has 26 heavy (non-hydrogen) atoms. The SMILES string of the molecule is C[C@@H](NC(=O)c1ccc2c(=O)[nH]c(=S)[nH]c2c1)c1cc2ccccc2o1. The van der Waals surface area contributed by atoms with E-state index >= 15 is 0 Å². The van der Waals surface area contributed by atoms with Crippen LogP contribution < -0.4 is 10.9 Å². The summed E-state index contributed by atoms with van der Waals surface area (Å²) < 4.78 is 6.01. The zero-order valence-electron chi connectivity index (χ0n) is 13.8. The highest BCUT2D eigenvalue weighted by molar-refractivity contribution is 7.71. The fraction of sp³-hybridized carbons (Fsp3) is 0.105. The molecule has 0 bridgehead atoms. The molecule has 0 spiro atoms. The first-order chi connectivity index (χ1) is 12.5. The van der Waals surface area contributed by atoms with Gasteiger partial charge in [0.25, 0.3) is 11.5 Å². The van der Waals surface area contributed by atoms with Crippen molar-refractivity contribution in [2.75, 3.05) is 0 Å². The van der Waals surface area contributed by atoms with Crippen LogP contribution in [0.2, 0.25) is 0 Å². The number of fused-ring (bicyclic) bond motifs is 2. The van der Waals surface area contributed by atoms with E-state index in [-0.39, 0.29) is 22.3 Å². The molecular formula is C19H15N3O3S. The maximum absolute atomic E-state index is 12.6. The van der Waals surface area contributed by atoms with Crippen LogP contribution >= 0.6 is 12.2 Å². The van der Waals surface area contributed by atoms with Crippen molar-refractivity contribution in [3.8, 4) is 0 Å². The smallest absolute Gasteiger partial charge is 0.259 e. The molecule has 0 fully saturated rings. The molecule has 2 aromatic heterocycles. The number of H-pyrrole nitrogens is 2. The Bertz CT molecular complexity index is 1220. The Hall–Kier alpha value is -3.19. The summed E-state index contributed by atoms with van der Waals surface area (Å²) in [6.07, 6.45) is 0. The maximum Gasteiger partial charge on any atom is 0.259 e. The number of rotatable bonds is 3. The Balaban J connectivity index is 1.62. The average molecular weight is 365 g/mol. The number of hydrogen-bond acceptors (Lipinski definition) is 4. The zero-order chi connectivity index (χ0) is 18.3. The van der Waals surface area contributed by atoms with E-state index < -0.39 is 0 Å². The van der Waals surface area contributed by atoms with Crippen molar-refractivity contribution >= 4 is 40.0 Å². The summed E-state index contributed by atoms with van der Waals surface area (Å²) in [5.74, 6) is 0.413. The highest BCUT2D eigenvalue weighted by atomic mass is 32.1. The number of aromatic nitrogens is 2. The molecule has 0 aliphatic rings. The van der Waals surface area contributed by atoms with Crippen LogP contribution in [0.15, 0.2) is 57.7 Å². The van der Waals surface area contributed by atoms with Gasteiger partial charge in [-0.1, -0.05) is 18.2 Å². The minimum absolute atomic E-state index is 0.218. The summed E-state index contributed by atoms with van der Waals surface area (Å²) in [7, 11) is 0. The molecule has 1 amide bonds. The average Bonchev–Trinajstić information content (AvgIpc) is 3.05. The Morgan fingerprint density at radius 3 is 2.77 bits per heavy atom. The molecule has 130 valence electrons. The predicted octanol–water partition coefficient (Wildman–Crippen LogP) is 3.82. The van der Waals surface area contributed by atoms with Gasteiger partial charge in [0.1, 0.15) is 11.3 Å². The summed E-state index contributed by atoms with van der Waals surface area (Å²) in [6.45, 7) is 1.86. The minimum atomic E-state index is -0.303. The molecule has 0 aliphatic heterocycles. The van der Waals surface area contributed by atoms with Gasteiger partial charge in [0.2, 0.25) is 0 Å². The van der Waals surface area contributed by atoms with Crippen molar-refractivity contribution in [3.05, 3.63) is 75.0 Å². The lowest BCUT2D eigenvalue weighted by Gasteiger charge is -2.11. The molecule has 0 saturated heterocycles. The molecule has 0 saturated carbocycles. The van der Waals surface area contributed by atoms with Crippen molar-refractivity contribution in [3.63, 3.8) is 0 Å². The van der Waals surface area contributed by atoms with Gasteiger partial charge in [-0.25, -0.2) is 0 Å². The molecular weight excluding hydrogens is 350 g/mol. The topological polar surface area (TPSA) is 90.9 Å². The second-order valence-corrected chi connectivity index (χ2v) is 6.46. The highest BCUT2D eigenvalue weighted by Crippen LogP contribution is 2.24. The normalized spacial score (nSPS) is 12.3. The first-order valence-electron chi connectivity index (χ1n) is 8.07. The molecule has 3 N–H and O–H groups in total. The molecule has 4 rings (SSSR count). The number of carbonyl (C=O) groups excluding carboxylic acids is 1. The van der Waals surface area contributed by atoms with Gasteiger partial charge in [-0.2, -0.15) is 0 Å². The minimum Gasteiger partial charge on any atom is -0.459 e. The van der Waals surface area contributed by atoms with E-state index in [1.165, 1.54) is 0 Å². The molecule has 2 aromatic carbocycles. The van der Waals surface area contributed by atoms with Crippen molar-refractivity contribution in [1.29, 1.82) is 0 Å². The van der Waals surface area contributed by atoms with E-state index in [4.69, 9.17) is 16.6 Å². The molecule has 0 radical (unpaired) electrons. The third-order valence-corrected chi connectivity index (χ3v) is 4.42. The fourth-order valence-corrected chi connectivity index (χ4v) is 3.08. The van der Waals surface area contributed by atoms with Gasteiger partial charge in [0, 0.05) is 10.9 Å². The quantitative estimate of drug-likeness (QED) is 0.481. The number of nitrogens with one attached hydrogen (secondary N) is 3. The van der Waals surface area contributed by atoms with Crippen molar-refractivity contribution in [2.45, 2.75) is 13.0 Å². The van der Waals surface area contributed by atoms with E-state index in [0.717, 1.165) is 11.0 Å². The van der Waals surface area contributed by atoms with E-state index in [1.807, 2.05) is 37.3 Å². The maximum atomic E-state index is 12.6. The molecule has 0 unspecified atom stereocenters. The summed E-state index contributed by atoms with van der Waals surface area (Å²) in [5.41, 5.74) is 1.44. The Morgan fingerprint density at radius 1 is 1.15 bits per heavy atom. The molecule has 2 heterocycles. The van der Waals surface area contributed by atoms with Gasteiger partial charge in [0.05, 0.1) is 16.9 Å². The van der Waals surface area contributed by atoms with E-state index in [9.17, 15) is 9.59 Å². The Morgan fingerprint density at radius 2 is 1.96 bits per heavy atom. The van der Waals surface area contributed by atoms with Crippen molar-refractivity contribution in [2.24, 2.45) is 0 Å². The highest BCUT2D eigenvalue weighted by Gasteiger charge is 2.16. The van der Waals surface area contributed by atoms with E-state index in [2.05, 4.69) is 15.3 Å². The van der Waals surface area contributed by atoms with Crippen LogP contribution in [0, 0.1) is 4.77 Å². The third kappa shape index (κ3) is 2.93.